The third-order valence-electron chi connectivity index (χ3n) is 2.12. The lowest BCUT2D eigenvalue weighted by Gasteiger charge is -1.89. The van der Waals surface area contributed by atoms with Crippen molar-refractivity contribution >= 4 is 11.6 Å². The summed E-state index contributed by atoms with van der Waals surface area (Å²) in [5.41, 5.74) is 1.56. The maximum atomic E-state index is 6.09. The first-order valence-electron chi connectivity index (χ1n) is 4.21. The SMILES string of the molecule is Cc1ncc(-c2nn(C)c(C)c2Cl)o1. The van der Waals surface area contributed by atoms with E-state index >= 15 is 0 Å². The van der Waals surface area contributed by atoms with Crippen LogP contribution in [0.25, 0.3) is 11.5 Å². The fraction of sp³-hybridized carbons (Fsp3) is 0.333. The van der Waals surface area contributed by atoms with Crippen molar-refractivity contribution in [3.05, 3.63) is 22.8 Å². The lowest BCUT2D eigenvalue weighted by atomic mass is 10.3. The zero-order chi connectivity index (χ0) is 10.3. The monoisotopic (exact) mass is 211 g/mol. The van der Waals surface area contributed by atoms with Gasteiger partial charge in [-0.1, -0.05) is 11.6 Å². The normalized spacial score (nSPS) is 10.9. The highest BCUT2D eigenvalue weighted by Gasteiger charge is 2.15. The Labute approximate surface area is 86.5 Å². The molecule has 0 spiro atoms. The third-order valence-corrected chi connectivity index (χ3v) is 2.57. The average Bonchev–Trinajstić information content (AvgIpc) is 2.66. The molecule has 0 aliphatic heterocycles. The molecule has 2 heterocycles. The molecule has 4 nitrogen and oxygen atoms in total. The minimum atomic E-state index is 0.608. The van der Waals surface area contributed by atoms with Gasteiger partial charge in [-0.15, -0.1) is 0 Å². The molecule has 14 heavy (non-hydrogen) atoms. The molecule has 0 saturated heterocycles. The summed E-state index contributed by atoms with van der Waals surface area (Å²) in [5, 5.41) is 4.86. The van der Waals surface area contributed by atoms with Gasteiger partial charge in [0.05, 0.1) is 16.9 Å². The highest BCUT2D eigenvalue weighted by molar-refractivity contribution is 6.33. The summed E-state index contributed by atoms with van der Waals surface area (Å²) in [6.07, 6.45) is 1.63. The van der Waals surface area contributed by atoms with Gasteiger partial charge in [-0.05, 0) is 6.92 Å². The quantitative estimate of drug-likeness (QED) is 0.727. The van der Waals surface area contributed by atoms with Gasteiger partial charge in [0.2, 0.25) is 0 Å². The van der Waals surface area contributed by atoms with E-state index in [1.807, 2.05) is 14.0 Å². The van der Waals surface area contributed by atoms with Crippen LogP contribution in [0.3, 0.4) is 0 Å². The fourth-order valence-corrected chi connectivity index (χ4v) is 1.46. The van der Waals surface area contributed by atoms with E-state index in [9.17, 15) is 0 Å². The standard InChI is InChI=1S/C9H10ClN3O/c1-5-8(10)9(12-13(5)3)7-4-11-6(2)14-7/h4H,1-3H3. The van der Waals surface area contributed by atoms with Crippen LogP contribution >= 0.6 is 11.6 Å². The van der Waals surface area contributed by atoms with Gasteiger partial charge in [-0.25, -0.2) is 4.98 Å². The Morgan fingerprint density at radius 3 is 2.57 bits per heavy atom. The van der Waals surface area contributed by atoms with Crippen LogP contribution in [0.5, 0.6) is 0 Å². The summed E-state index contributed by atoms with van der Waals surface area (Å²) in [6.45, 7) is 3.69. The molecule has 74 valence electrons. The Morgan fingerprint density at radius 2 is 2.14 bits per heavy atom. The molecule has 0 bridgehead atoms. The van der Waals surface area contributed by atoms with Gasteiger partial charge in [-0.2, -0.15) is 5.10 Å². The van der Waals surface area contributed by atoms with E-state index < -0.39 is 0 Å². The number of halogens is 1. The van der Waals surface area contributed by atoms with E-state index in [1.54, 1.807) is 17.8 Å². The van der Waals surface area contributed by atoms with E-state index in [-0.39, 0.29) is 0 Å². The highest BCUT2D eigenvalue weighted by atomic mass is 35.5. The van der Waals surface area contributed by atoms with Crippen LogP contribution < -0.4 is 0 Å². The second kappa shape index (κ2) is 3.13. The second-order valence-corrected chi connectivity index (χ2v) is 3.49. The summed E-state index contributed by atoms with van der Waals surface area (Å²) < 4.78 is 7.07. The molecule has 0 saturated carbocycles. The molecule has 2 rings (SSSR count). The molecule has 0 aromatic carbocycles. The zero-order valence-electron chi connectivity index (χ0n) is 8.21. The maximum Gasteiger partial charge on any atom is 0.191 e. The van der Waals surface area contributed by atoms with Crippen molar-refractivity contribution in [2.45, 2.75) is 13.8 Å². The number of aryl methyl sites for hydroxylation is 2. The molecule has 0 aliphatic carbocycles. The molecule has 5 heteroatoms. The predicted molar refractivity (Wildman–Crippen MR) is 53.2 cm³/mol. The minimum absolute atomic E-state index is 0.608. The largest absolute Gasteiger partial charge is 0.439 e. The van der Waals surface area contributed by atoms with E-state index in [2.05, 4.69) is 10.1 Å². The van der Waals surface area contributed by atoms with Crippen molar-refractivity contribution in [1.29, 1.82) is 0 Å². The van der Waals surface area contributed by atoms with Crippen molar-refractivity contribution < 1.29 is 4.42 Å². The first-order valence-corrected chi connectivity index (χ1v) is 4.59. The Hall–Kier alpha value is -1.29. The Balaban J connectivity index is 2.57. The van der Waals surface area contributed by atoms with Crippen LogP contribution in [0, 0.1) is 13.8 Å². The topological polar surface area (TPSA) is 43.9 Å². The number of nitrogens with zero attached hydrogens (tertiary/aromatic N) is 3. The second-order valence-electron chi connectivity index (χ2n) is 3.12. The summed E-state index contributed by atoms with van der Waals surface area (Å²) in [5.74, 6) is 1.22. The van der Waals surface area contributed by atoms with Crippen molar-refractivity contribution in [3.63, 3.8) is 0 Å². The predicted octanol–water partition coefficient (Wildman–Crippen LogP) is 2.35. The van der Waals surface area contributed by atoms with E-state index in [0.717, 1.165) is 5.69 Å². The number of hydrogen-bond acceptors (Lipinski definition) is 3. The molecule has 0 amide bonds. The van der Waals surface area contributed by atoms with Gasteiger partial charge in [0.15, 0.2) is 11.7 Å². The smallest absolute Gasteiger partial charge is 0.191 e. The summed E-state index contributed by atoms with van der Waals surface area (Å²) >= 11 is 6.09. The summed E-state index contributed by atoms with van der Waals surface area (Å²) in [4.78, 5) is 4.00. The van der Waals surface area contributed by atoms with Gasteiger partial charge >= 0.3 is 0 Å². The van der Waals surface area contributed by atoms with Crippen LogP contribution in [-0.4, -0.2) is 14.8 Å². The van der Waals surface area contributed by atoms with Gasteiger partial charge in [0.1, 0.15) is 5.69 Å². The number of rotatable bonds is 1. The summed E-state index contributed by atoms with van der Waals surface area (Å²) in [6, 6.07) is 0. The Morgan fingerprint density at radius 1 is 1.43 bits per heavy atom. The zero-order valence-corrected chi connectivity index (χ0v) is 8.96. The highest BCUT2D eigenvalue weighted by Crippen LogP contribution is 2.29. The molecule has 0 N–H and O–H groups in total. The minimum Gasteiger partial charge on any atom is -0.439 e. The van der Waals surface area contributed by atoms with Gasteiger partial charge in [0.25, 0.3) is 0 Å². The molecule has 0 fully saturated rings. The molecule has 0 radical (unpaired) electrons. The van der Waals surface area contributed by atoms with Crippen LogP contribution in [0.4, 0.5) is 0 Å². The average molecular weight is 212 g/mol. The number of aromatic nitrogens is 3. The number of hydrogen-bond donors (Lipinski definition) is 0. The van der Waals surface area contributed by atoms with Crippen LogP contribution in [0.15, 0.2) is 10.6 Å². The maximum absolute atomic E-state index is 6.09. The molecule has 0 atom stereocenters. The van der Waals surface area contributed by atoms with E-state index in [4.69, 9.17) is 16.0 Å². The summed E-state index contributed by atoms with van der Waals surface area (Å²) in [7, 11) is 1.84. The fourth-order valence-electron chi connectivity index (χ4n) is 1.21. The molecular formula is C9H10ClN3O. The Bertz CT molecular complexity index is 472. The van der Waals surface area contributed by atoms with E-state index in [0.29, 0.717) is 22.4 Å². The van der Waals surface area contributed by atoms with Crippen LogP contribution in [-0.2, 0) is 7.05 Å². The molecule has 2 aromatic rings. The van der Waals surface area contributed by atoms with Crippen LogP contribution in [0.2, 0.25) is 5.02 Å². The lowest BCUT2D eigenvalue weighted by molar-refractivity contribution is 0.531. The van der Waals surface area contributed by atoms with Crippen molar-refractivity contribution in [2.75, 3.05) is 0 Å². The first kappa shape index (κ1) is 9.27. The van der Waals surface area contributed by atoms with Crippen molar-refractivity contribution in [1.82, 2.24) is 14.8 Å². The first-order chi connectivity index (χ1) is 6.59. The lowest BCUT2D eigenvalue weighted by Crippen LogP contribution is -1.92. The molecule has 0 unspecified atom stereocenters. The van der Waals surface area contributed by atoms with Crippen LogP contribution in [0.1, 0.15) is 11.6 Å². The number of oxazole rings is 1. The van der Waals surface area contributed by atoms with Gasteiger partial charge in [-0.3, -0.25) is 4.68 Å². The Kier molecular flexibility index (Phi) is 2.07. The van der Waals surface area contributed by atoms with Gasteiger partial charge in [0, 0.05) is 14.0 Å². The molecular weight excluding hydrogens is 202 g/mol. The van der Waals surface area contributed by atoms with E-state index in [1.165, 1.54) is 0 Å². The van der Waals surface area contributed by atoms with Crippen molar-refractivity contribution in [3.8, 4) is 11.5 Å². The van der Waals surface area contributed by atoms with Gasteiger partial charge < -0.3 is 4.42 Å². The molecule has 2 aromatic heterocycles. The third kappa shape index (κ3) is 1.32. The van der Waals surface area contributed by atoms with Crippen molar-refractivity contribution in [2.24, 2.45) is 7.05 Å². The molecule has 0 aliphatic rings.